The van der Waals surface area contributed by atoms with E-state index < -0.39 is 0 Å². The monoisotopic (exact) mass is 286 g/mol. The Labute approximate surface area is 121 Å². The number of hydrogen-bond donors (Lipinski definition) is 1. The van der Waals surface area contributed by atoms with Crippen molar-refractivity contribution in [2.75, 3.05) is 7.11 Å². The van der Waals surface area contributed by atoms with E-state index >= 15 is 0 Å². The van der Waals surface area contributed by atoms with Crippen molar-refractivity contribution in [1.82, 2.24) is 9.38 Å². The molecule has 0 aliphatic rings. The molecule has 2 aromatic heterocycles. The van der Waals surface area contributed by atoms with Gasteiger partial charge in [0.25, 0.3) is 0 Å². The van der Waals surface area contributed by atoms with Gasteiger partial charge in [-0.25, -0.2) is 9.37 Å². The third kappa shape index (κ3) is 2.25. The Balaban J connectivity index is 2.22. The molecule has 0 fully saturated rings. The zero-order valence-electron chi connectivity index (χ0n) is 11.8. The minimum Gasteiger partial charge on any atom is -0.496 e. The summed E-state index contributed by atoms with van der Waals surface area (Å²) in [4.78, 5) is 4.49. The molecule has 0 spiro atoms. The van der Waals surface area contributed by atoms with Crippen LogP contribution in [0.1, 0.15) is 11.3 Å². The van der Waals surface area contributed by atoms with Crippen molar-refractivity contribution in [3.05, 3.63) is 53.6 Å². The maximum absolute atomic E-state index is 13.4. The summed E-state index contributed by atoms with van der Waals surface area (Å²) in [7, 11) is 1.62. The third-order valence-corrected chi connectivity index (χ3v) is 3.50. The number of methoxy groups -OCH3 is 1. The van der Waals surface area contributed by atoms with E-state index in [1.54, 1.807) is 17.6 Å². The maximum Gasteiger partial charge on any atom is 0.139 e. The van der Waals surface area contributed by atoms with Crippen LogP contribution in [0.5, 0.6) is 5.75 Å². The molecule has 3 aromatic rings. The summed E-state index contributed by atoms with van der Waals surface area (Å²) in [6.45, 7) is 1.72. The average Bonchev–Trinajstić information content (AvgIpc) is 2.84. The van der Waals surface area contributed by atoms with E-state index in [1.807, 2.05) is 25.1 Å². The Morgan fingerprint density at radius 3 is 2.76 bits per heavy atom. The molecule has 1 aromatic carbocycles. The zero-order chi connectivity index (χ0) is 15.0. The lowest BCUT2D eigenvalue weighted by molar-refractivity contribution is 0.276. The van der Waals surface area contributed by atoms with Crippen LogP contribution in [0, 0.1) is 12.7 Å². The van der Waals surface area contributed by atoms with Gasteiger partial charge in [-0.05, 0) is 42.8 Å². The number of hydrogen-bond acceptors (Lipinski definition) is 3. The first-order chi connectivity index (χ1) is 10.1. The Morgan fingerprint density at radius 1 is 1.29 bits per heavy atom. The highest BCUT2D eigenvalue weighted by molar-refractivity contribution is 5.68. The van der Waals surface area contributed by atoms with Gasteiger partial charge in [0.05, 0.1) is 25.1 Å². The normalized spacial score (nSPS) is 11.0. The fourth-order valence-electron chi connectivity index (χ4n) is 2.48. The van der Waals surface area contributed by atoms with Crippen LogP contribution >= 0.6 is 0 Å². The van der Waals surface area contributed by atoms with Gasteiger partial charge >= 0.3 is 0 Å². The number of imidazole rings is 1. The molecule has 4 nitrogen and oxygen atoms in total. The van der Waals surface area contributed by atoms with Gasteiger partial charge in [-0.1, -0.05) is 0 Å². The van der Waals surface area contributed by atoms with Gasteiger partial charge in [-0.2, -0.15) is 0 Å². The number of aryl methyl sites for hydroxylation is 1. The van der Waals surface area contributed by atoms with E-state index in [9.17, 15) is 9.50 Å². The number of aliphatic hydroxyl groups is 1. The lowest BCUT2D eigenvalue weighted by Gasteiger charge is -2.07. The number of benzene rings is 1. The lowest BCUT2D eigenvalue weighted by atomic mass is 10.1. The molecule has 5 heteroatoms. The first kappa shape index (κ1) is 13.6. The molecule has 0 aliphatic heterocycles. The number of aromatic nitrogens is 2. The maximum atomic E-state index is 13.4. The van der Waals surface area contributed by atoms with E-state index in [2.05, 4.69) is 4.98 Å². The van der Waals surface area contributed by atoms with Gasteiger partial charge in [0, 0.05) is 11.8 Å². The molecule has 0 aliphatic carbocycles. The molecule has 21 heavy (non-hydrogen) atoms. The van der Waals surface area contributed by atoms with Crippen LogP contribution < -0.4 is 4.74 Å². The summed E-state index contributed by atoms with van der Waals surface area (Å²) >= 11 is 0. The van der Waals surface area contributed by atoms with Gasteiger partial charge in [0.15, 0.2) is 0 Å². The fraction of sp³-hybridized carbons (Fsp3) is 0.188. The SMILES string of the molecule is COc1ccc(-c2nc3ccc(F)cn3c2CO)cc1C. The predicted octanol–water partition coefficient (Wildman–Crippen LogP) is 2.95. The van der Waals surface area contributed by atoms with Gasteiger partial charge in [0.1, 0.15) is 17.2 Å². The Morgan fingerprint density at radius 2 is 2.10 bits per heavy atom. The topological polar surface area (TPSA) is 46.8 Å². The fourth-order valence-corrected chi connectivity index (χ4v) is 2.48. The molecule has 0 atom stereocenters. The summed E-state index contributed by atoms with van der Waals surface area (Å²) in [5.74, 6) is 0.422. The average molecular weight is 286 g/mol. The molecule has 0 radical (unpaired) electrons. The van der Waals surface area contributed by atoms with Gasteiger partial charge < -0.3 is 9.84 Å². The van der Waals surface area contributed by atoms with E-state index in [0.717, 1.165) is 16.9 Å². The Bertz CT molecular complexity index is 811. The number of halogens is 1. The molecule has 2 heterocycles. The smallest absolute Gasteiger partial charge is 0.139 e. The Hall–Kier alpha value is -2.40. The van der Waals surface area contributed by atoms with Crippen molar-refractivity contribution in [2.45, 2.75) is 13.5 Å². The standard InChI is InChI=1S/C16H15FN2O2/c1-10-7-11(3-5-14(10)21-2)16-13(9-20)19-8-12(17)4-6-15(19)18-16/h3-8,20H,9H2,1-2H3. The molecular weight excluding hydrogens is 271 g/mol. The highest BCUT2D eigenvalue weighted by Crippen LogP contribution is 2.29. The summed E-state index contributed by atoms with van der Waals surface area (Å²) in [5.41, 5.74) is 3.65. The second-order valence-corrected chi connectivity index (χ2v) is 4.83. The first-order valence-electron chi connectivity index (χ1n) is 6.56. The number of rotatable bonds is 3. The predicted molar refractivity (Wildman–Crippen MR) is 77.8 cm³/mol. The van der Waals surface area contributed by atoms with Crippen molar-refractivity contribution < 1.29 is 14.2 Å². The van der Waals surface area contributed by atoms with Crippen LogP contribution in [-0.2, 0) is 6.61 Å². The molecule has 0 saturated carbocycles. The lowest BCUT2D eigenvalue weighted by Crippen LogP contribution is -1.95. The highest BCUT2D eigenvalue weighted by atomic mass is 19.1. The molecule has 0 bridgehead atoms. The zero-order valence-corrected chi connectivity index (χ0v) is 11.8. The molecule has 0 unspecified atom stereocenters. The minimum atomic E-state index is -0.368. The van der Waals surface area contributed by atoms with Gasteiger partial charge in [-0.3, -0.25) is 4.40 Å². The largest absolute Gasteiger partial charge is 0.496 e. The summed E-state index contributed by atoms with van der Waals surface area (Å²) in [5, 5.41) is 9.62. The summed E-state index contributed by atoms with van der Waals surface area (Å²) in [6, 6.07) is 8.62. The van der Waals surface area contributed by atoms with Crippen molar-refractivity contribution in [1.29, 1.82) is 0 Å². The molecular formula is C16H15FN2O2. The highest BCUT2D eigenvalue weighted by Gasteiger charge is 2.14. The van der Waals surface area contributed by atoms with Crippen molar-refractivity contribution in [3.8, 4) is 17.0 Å². The van der Waals surface area contributed by atoms with Crippen molar-refractivity contribution in [2.24, 2.45) is 0 Å². The quantitative estimate of drug-likeness (QED) is 0.805. The number of ether oxygens (including phenoxy) is 1. The van der Waals surface area contributed by atoms with E-state index in [4.69, 9.17) is 4.74 Å². The van der Waals surface area contributed by atoms with E-state index in [0.29, 0.717) is 17.0 Å². The van der Waals surface area contributed by atoms with Crippen LogP contribution in [0.4, 0.5) is 4.39 Å². The number of pyridine rings is 1. The minimum absolute atomic E-state index is 0.217. The third-order valence-electron chi connectivity index (χ3n) is 3.50. The number of aliphatic hydroxyl groups excluding tert-OH is 1. The second kappa shape index (κ2) is 5.18. The molecule has 1 N–H and O–H groups in total. The van der Waals surface area contributed by atoms with Crippen LogP contribution in [0.25, 0.3) is 16.9 Å². The van der Waals surface area contributed by atoms with E-state index in [1.165, 1.54) is 12.3 Å². The Kier molecular flexibility index (Phi) is 3.35. The van der Waals surface area contributed by atoms with Crippen LogP contribution in [-0.4, -0.2) is 21.6 Å². The van der Waals surface area contributed by atoms with E-state index in [-0.39, 0.29) is 12.4 Å². The summed E-state index contributed by atoms with van der Waals surface area (Å²) in [6.07, 6.45) is 1.33. The number of nitrogens with zero attached hydrogens (tertiary/aromatic N) is 2. The van der Waals surface area contributed by atoms with Gasteiger partial charge in [-0.15, -0.1) is 0 Å². The molecule has 3 rings (SSSR count). The van der Waals surface area contributed by atoms with Gasteiger partial charge in [0.2, 0.25) is 0 Å². The molecule has 108 valence electrons. The molecule has 0 amide bonds. The van der Waals surface area contributed by atoms with Crippen molar-refractivity contribution >= 4 is 5.65 Å². The van der Waals surface area contributed by atoms with Crippen LogP contribution in [0.3, 0.4) is 0 Å². The van der Waals surface area contributed by atoms with Crippen LogP contribution in [0.15, 0.2) is 36.5 Å². The van der Waals surface area contributed by atoms with Crippen LogP contribution in [0.2, 0.25) is 0 Å². The number of fused-ring (bicyclic) bond motifs is 1. The summed E-state index contributed by atoms with van der Waals surface area (Å²) < 4.78 is 20.2. The first-order valence-corrected chi connectivity index (χ1v) is 6.56. The molecule has 0 saturated heterocycles. The van der Waals surface area contributed by atoms with Crippen molar-refractivity contribution in [3.63, 3.8) is 0 Å². The second-order valence-electron chi connectivity index (χ2n) is 4.83.